The van der Waals surface area contributed by atoms with Gasteiger partial charge in [0.2, 0.25) is 0 Å². The first-order valence-corrected chi connectivity index (χ1v) is 9.93. The highest BCUT2D eigenvalue weighted by Gasteiger charge is 2.22. The first kappa shape index (κ1) is 18.8. The van der Waals surface area contributed by atoms with Crippen molar-refractivity contribution in [3.05, 3.63) is 78.4 Å². The molecule has 8 nitrogen and oxygen atoms in total. The highest BCUT2D eigenvalue weighted by Crippen LogP contribution is 2.32. The Kier molecular flexibility index (Phi) is 4.80. The highest BCUT2D eigenvalue weighted by molar-refractivity contribution is 6.10. The van der Waals surface area contributed by atoms with Gasteiger partial charge in [0.15, 0.2) is 0 Å². The Bertz CT molecular complexity index is 1340. The number of benzene rings is 1. The van der Waals surface area contributed by atoms with Gasteiger partial charge in [0.05, 0.1) is 29.5 Å². The molecule has 0 radical (unpaired) electrons. The van der Waals surface area contributed by atoms with Gasteiger partial charge in [0.25, 0.3) is 11.6 Å². The smallest absolute Gasteiger partial charge is 0.259 e. The summed E-state index contributed by atoms with van der Waals surface area (Å²) >= 11 is 0. The zero-order valence-corrected chi connectivity index (χ0v) is 16.8. The molecule has 0 unspecified atom stereocenters. The van der Waals surface area contributed by atoms with Crippen LogP contribution >= 0.6 is 0 Å². The van der Waals surface area contributed by atoms with E-state index in [0.717, 1.165) is 12.1 Å². The maximum atomic E-state index is 13.2. The number of aromatic nitrogens is 4. The predicted molar refractivity (Wildman–Crippen MR) is 114 cm³/mol. The minimum Gasteiger partial charge on any atom is -0.467 e. The van der Waals surface area contributed by atoms with E-state index in [1.165, 1.54) is 0 Å². The van der Waals surface area contributed by atoms with Crippen molar-refractivity contribution in [3.63, 3.8) is 0 Å². The molecule has 1 amide bonds. The Morgan fingerprint density at radius 1 is 1.10 bits per heavy atom. The topological polar surface area (TPSA) is 99.0 Å². The van der Waals surface area contributed by atoms with Crippen LogP contribution in [0, 0.1) is 0 Å². The lowest BCUT2D eigenvalue weighted by molar-refractivity contribution is 0.0949. The van der Waals surface area contributed by atoms with Crippen LogP contribution in [0.15, 0.2) is 76.0 Å². The molecule has 0 aliphatic carbocycles. The molecule has 5 rings (SSSR count). The number of nitrogens with one attached hydrogen (secondary N) is 1. The third kappa shape index (κ3) is 3.59. The largest absolute Gasteiger partial charge is 0.467 e. The van der Waals surface area contributed by atoms with Gasteiger partial charge in [-0.25, -0.2) is 4.98 Å². The summed E-state index contributed by atoms with van der Waals surface area (Å²) in [5.41, 5.74) is 3.30. The molecule has 0 aliphatic heterocycles. The molecular formula is C23H19N5O3. The van der Waals surface area contributed by atoms with Gasteiger partial charge in [-0.2, -0.15) is 5.10 Å². The minimum absolute atomic E-state index is 0.265. The number of amides is 1. The molecule has 0 saturated carbocycles. The fourth-order valence-corrected chi connectivity index (χ4v) is 3.40. The number of rotatable bonds is 6. The second-order valence-electron chi connectivity index (χ2n) is 6.95. The fourth-order valence-electron chi connectivity index (χ4n) is 3.40. The van der Waals surface area contributed by atoms with E-state index in [4.69, 9.17) is 8.94 Å². The molecule has 0 aliphatic rings. The molecule has 0 bridgehead atoms. The Morgan fingerprint density at radius 2 is 1.97 bits per heavy atom. The van der Waals surface area contributed by atoms with Gasteiger partial charge in [0, 0.05) is 18.3 Å². The molecular weight excluding hydrogens is 394 g/mol. The molecule has 31 heavy (non-hydrogen) atoms. The van der Waals surface area contributed by atoms with Gasteiger partial charge in [-0.15, -0.1) is 0 Å². The standard InChI is InChI=1S/C23H19N5O3/c1-2-28-11-10-18(26-28)19-13-17(22(29)24-14-16-9-6-12-30-16)20-21(27-31-23(20)25-19)15-7-4-3-5-8-15/h3-13H,2,14H2,1H3,(H,24,29). The summed E-state index contributed by atoms with van der Waals surface area (Å²) in [6.07, 6.45) is 3.44. The summed E-state index contributed by atoms with van der Waals surface area (Å²) < 4.78 is 12.7. The number of furan rings is 1. The Labute approximate surface area is 177 Å². The van der Waals surface area contributed by atoms with Crippen molar-refractivity contribution < 1.29 is 13.7 Å². The maximum Gasteiger partial charge on any atom is 0.259 e. The summed E-state index contributed by atoms with van der Waals surface area (Å²) in [4.78, 5) is 17.8. The summed E-state index contributed by atoms with van der Waals surface area (Å²) in [5, 5.41) is 12.2. The SMILES string of the molecule is CCn1ccc(-c2cc(C(=O)NCc3ccco3)c3c(-c4ccccc4)noc3n2)n1. The minimum atomic E-state index is -0.277. The first-order valence-electron chi connectivity index (χ1n) is 9.93. The zero-order valence-electron chi connectivity index (χ0n) is 16.8. The molecule has 0 spiro atoms. The number of nitrogens with zero attached hydrogens (tertiary/aromatic N) is 4. The van der Waals surface area contributed by atoms with Gasteiger partial charge < -0.3 is 14.3 Å². The fraction of sp³-hybridized carbons (Fsp3) is 0.130. The normalized spacial score (nSPS) is 11.1. The molecule has 0 saturated heterocycles. The monoisotopic (exact) mass is 413 g/mol. The summed E-state index contributed by atoms with van der Waals surface area (Å²) in [5.74, 6) is 0.384. The zero-order chi connectivity index (χ0) is 21.2. The van der Waals surface area contributed by atoms with Crippen LogP contribution in [0.25, 0.3) is 33.7 Å². The molecule has 154 valence electrons. The van der Waals surface area contributed by atoms with E-state index >= 15 is 0 Å². The third-order valence-electron chi connectivity index (χ3n) is 4.97. The van der Waals surface area contributed by atoms with Crippen LogP contribution in [0.2, 0.25) is 0 Å². The summed E-state index contributed by atoms with van der Waals surface area (Å²) in [6, 6.07) is 16.7. The van der Waals surface area contributed by atoms with Crippen molar-refractivity contribution in [1.29, 1.82) is 0 Å². The van der Waals surface area contributed by atoms with Crippen molar-refractivity contribution in [2.24, 2.45) is 0 Å². The maximum absolute atomic E-state index is 13.2. The van der Waals surface area contributed by atoms with Gasteiger partial charge in [-0.3, -0.25) is 9.48 Å². The molecule has 4 aromatic heterocycles. The van der Waals surface area contributed by atoms with Crippen molar-refractivity contribution in [1.82, 2.24) is 25.2 Å². The molecule has 0 fully saturated rings. The molecule has 5 aromatic rings. The van der Waals surface area contributed by atoms with E-state index in [9.17, 15) is 4.79 Å². The van der Waals surface area contributed by atoms with E-state index in [2.05, 4.69) is 20.6 Å². The number of fused-ring (bicyclic) bond motifs is 1. The average Bonchev–Trinajstić information content (AvgIpc) is 3.58. The third-order valence-corrected chi connectivity index (χ3v) is 4.97. The lowest BCUT2D eigenvalue weighted by Gasteiger charge is -2.07. The number of hydrogen-bond donors (Lipinski definition) is 1. The molecule has 8 heteroatoms. The van der Waals surface area contributed by atoms with E-state index in [0.29, 0.717) is 33.8 Å². The number of hydrogen-bond acceptors (Lipinski definition) is 6. The van der Waals surface area contributed by atoms with Gasteiger partial charge >= 0.3 is 0 Å². The van der Waals surface area contributed by atoms with Crippen LogP contribution in [-0.4, -0.2) is 25.8 Å². The molecule has 4 heterocycles. The van der Waals surface area contributed by atoms with E-state index < -0.39 is 0 Å². The Morgan fingerprint density at radius 3 is 2.71 bits per heavy atom. The summed E-state index contributed by atoms with van der Waals surface area (Å²) in [6.45, 7) is 3.00. The molecule has 0 atom stereocenters. The van der Waals surface area contributed by atoms with E-state index in [1.807, 2.05) is 49.5 Å². The van der Waals surface area contributed by atoms with Crippen molar-refractivity contribution in [2.75, 3.05) is 0 Å². The lowest BCUT2D eigenvalue weighted by Crippen LogP contribution is -2.23. The van der Waals surface area contributed by atoms with Gasteiger partial charge in [0.1, 0.15) is 17.1 Å². The summed E-state index contributed by atoms with van der Waals surface area (Å²) in [7, 11) is 0. The van der Waals surface area contributed by atoms with Gasteiger partial charge in [-0.05, 0) is 31.2 Å². The van der Waals surface area contributed by atoms with Crippen LogP contribution in [0.3, 0.4) is 0 Å². The van der Waals surface area contributed by atoms with Crippen molar-refractivity contribution in [3.8, 4) is 22.6 Å². The van der Waals surface area contributed by atoms with Crippen LogP contribution in [-0.2, 0) is 13.1 Å². The number of carbonyl (C=O) groups is 1. The Hall–Kier alpha value is -4.20. The van der Waals surface area contributed by atoms with Crippen LogP contribution in [0.4, 0.5) is 0 Å². The number of aryl methyl sites for hydroxylation is 1. The second kappa shape index (κ2) is 7.91. The average molecular weight is 413 g/mol. The first-order chi connectivity index (χ1) is 15.2. The van der Waals surface area contributed by atoms with Gasteiger partial charge in [-0.1, -0.05) is 35.5 Å². The van der Waals surface area contributed by atoms with Crippen LogP contribution in [0.1, 0.15) is 23.0 Å². The predicted octanol–water partition coefficient (Wildman–Crippen LogP) is 4.30. The van der Waals surface area contributed by atoms with Crippen molar-refractivity contribution in [2.45, 2.75) is 20.0 Å². The lowest BCUT2D eigenvalue weighted by atomic mass is 10.0. The van der Waals surface area contributed by atoms with E-state index in [-0.39, 0.29) is 18.2 Å². The molecule has 1 aromatic carbocycles. The number of carbonyl (C=O) groups excluding carboxylic acids is 1. The Balaban J connectivity index is 1.62. The van der Waals surface area contributed by atoms with Crippen LogP contribution < -0.4 is 5.32 Å². The van der Waals surface area contributed by atoms with E-state index in [1.54, 1.807) is 29.1 Å². The number of pyridine rings is 1. The molecule has 1 N–H and O–H groups in total. The quantitative estimate of drug-likeness (QED) is 0.446. The highest BCUT2D eigenvalue weighted by atomic mass is 16.5. The van der Waals surface area contributed by atoms with Crippen molar-refractivity contribution >= 4 is 17.0 Å². The second-order valence-corrected chi connectivity index (χ2v) is 6.95. The van der Waals surface area contributed by atoms with Crippen LogP contribution in [0.5, 0.6) is 0 Å².